The molecule has 0 aliphatic heterocycles. The van der Waals surface area contributed by atoms with Gasteiger partial charge in [-0.05, 0) is 5.92 Å². The Kier molecular flexibility index (Phi) is 4.83. The average molecular weight is 110 g/mol. The molecule has 0 bridgehead atoms. The zero-order valence-corrected chi connectivity index (χ0v) is 4.71. The maximum absolute atomic E-state index is 6.34. The van der Waals surface area contributed by atoms with Crippen molar-refractivity contribution in [3.8, 4) is 41.4 Å². The molecule has 0 fully saturated rings. The van der Waals surface area contributed by atoms with E-state index in [1.54, 1.807) is 0 Å². The smallest absolute Gasteiger partial charge is 0.0448 e. The quantitative estimate of drug-likeness (QED) is 0.313. The molecule has 0 aromatic heterocycles. The van der Waals surface area contributed by atoms with E-state index in [2.05, 4.69) is 42.4 Å². The Hall–Kier alpha value is -1.89. The maximum Gasteiger partial charge on any atom is -0.0448 e. The fourth-order valence-corrected chi connectivity index (χ4v) is 0.169. The van der Waals surface area contributed by atoms with Crippen molar-refractivity contribution < 1.29 is 0 Å². The molecule has 0 amide bonds. The van der Waals surface area contributed by atoms with Crippen LogP contribution in [0.4, 0.5) is 0 Å². The Morgan fingerprint density at radius 3 is 2.00 bits per heavy atom. The van der Waals surface area contributed by atoms with Crippen LogP contribution in [0.2, 0.25) is 0 Å². The van der Waals surface area contributed by atoms with Crippen molar-refractivity contribution in [2.45, 2.75) is 0 Å². The molecule has 0 radical (unpaired) electrons. The lowest BCUT2D eigenvalue weighted by atomic mass is 10.5. The maximum atomic E-state index is 6.34. The third-order valence-corrected chi connectivity index (χ3v) is 0.401. The van der Waals surface area contributed by atoms with Gasteiger partial charge >= 0.3 is 0 Å². The Morgan fingerprint density at radius 2 is 1.44 bits per heavy atom. The molecule has 0 saturated carbocycles. The third-order valence-electron chi connectivity index (χ3n) is 0.401. The second-order valence-corrected chi connectivity index (χ2v) is 0.927. The van der Waals surface area contributed by atoms with Gasteiger partial charge in [0.2, 0.25) is 0 Å². The fraction of sp³-hybridized carbons (Fsp3) is 0. The van der Waals surface area contributed by atoms with Gasteiger partial charge in [-0.3, -0.25) is 11.8 Å². The van der Waals surface area contributed by atoms with Crippen molar-refractivity contribution >= 4 is 0 Å². The fourth-order valence-electron chi connectivity index (χ4n) is 0.169. The molecule has 0 saturated heterocycles. The highest BCUT2D eigenvalue weighted by molar-refractivity contribution is 5.38. The van der Waals surface area contributed by atoms with Gasteiger partial charge in [-0.2, -0.15) is 6.92 Å². The lowest BCUT2D eigenvalue weighted by molar-refractivity contribution is 2.31. The molecule has 0 rings (SSSR count). The zero-order valence-electron chi connectivity index (χ0n) is 4.71. The standard InChI is InChI=1S/C9H2/c1-3-5-7-9-8-6-4-2/h1H2/q-2. The first-order chi connectivity index (χ1) is 4.41. The molecule has 0 aromatic carbocycles. The molecule has 0 aromatic rings. The summed E-state index contributed by atoms with van der Waals surface area (Å²) in [5, 5.41) is 0. The molecule has 0 nitrogen and oxygen atoms in total. The third kappa shape index (κ3) is 6.11. The topological polar surface area (TPSA) is 0 Å². The summed E-state index contributed by atoms with van der Waals surface area (Å²) in [7, 11) is 0. The summed E-state index contributed by atoms with van der Waals surface area (Å²) in [4.78, 5) is 0. The summed E-state index contributed by atoms with van der Waals surface area (Å²) in [6.45, 7) is 3.24. The predicted octanol–water partition coefficient (Wildman–Crippen LogP) is 0.420. The SMILES string of the molecule is [C-]#CC#CC#CC#C[CH2-]. The Balaban J connectivity index is 3.90. The Morgan fingerprint density at radius 1 is 0.889 bits per heavy atom. The molecule has 0 N–H and O–H groups in total. The van der Waals surface area contributed by atoms with Gasteiger partial charge in [0.25, 0.3) is 0 Å². The van der Waals surface area contributed by atoms with Gasteiger partial charge in [-0.1, -0.05) is 0 Å². The minimum atomic E-state index is 1.87. The van der Waals surface area contributed by atoms with Gasteiger partial charge in [-0.25, -0.2) is 11.8 Å². The minimum Gasteiger partial charge on any atom is -0.358 e. The van der Waals surface area contributed by atoms with Crippen LogP contribution in [0, 0.1) is 54.8 Å². The van der Waals surface area contributed by atoms with Crippen LogP contribution in [0.3, 0.4) is 0 Å². The van der Waals surface area contributed by atoms with E-state index in [-0.39, 0.29) is 0 Å². The summed E-state index contributed by atoms with van der Waals surface area (Å²) in [6, 6.07) is 0. The molecule has 0 atom stereocenters. The van der Waals surface area contributed by atoms with Crippen LogP contribution in [0.5, 0.6) is 0 Å². The first kappa shape index (κ1) is 7.11. The van der Waals surface area contributed by atoms with Gasteiger partial charge in [-0.15, -0.1) is 11.8 Å². The van der Waals surface area contributed by atoms with Gasteiger partial charge in [0.15, 0.2) is 0 Å². The van der Waals surface area contributed by atoms with E-state index in [4.69, 9.17) is 6.42 Å². The Labute approximate surface area is 55.7 Å². The van der Waals surface area contributed by atoms with Gasteiger partial charge in [0, 0.05) is 0 Å². The average Bonchev–Trinajstić information content (AvgIpc) is 1.89. The van der Waals surface area contributed by atoms with Crippen LogP contribution in [0.15, 0.2) is 0 Å². The molecule has 0 aliphatic carbocycles. The van der Waals surface area contributed by atoms with Crippen molar-refractivity contribution in [3.05, 3.63) is 13.3 Å². The second-order valence-electron chi connectivity index (χ2n) is 0.927. The van der Waals surface area contributed by atoms with E-state index < -0.39 is 0 Å². The van der Waals surface area contributed by atoms with E-state index >= 15 is 0 Å². The van der Waals surface area contributed by atoms with Crippen LogP contribution in [0.1, 0.15) is 0 Å². The first-order valence-electron chi connectivity index (χ1n) is 2.10. The lowest BCUT2D eigenvalue weighted by Gasteiger charge is -1.68. The second kappa shape index (κ2) is 6.11. The normalized spacial score (nSPS) is 3.44. The van der Waals surface area contributed by atoms with Crippen LogP contribution < -0.4 is 0 Å². The summed E-state index contributed by atoms with van der Waals surface area (Å²) < 4.78 is 0. The van der Waals surface area contributed by atoms with Crippen LogP contribution in [0.25, 0.3) is 0 Å². The molecule has 0 spiro atoms. The van der Waals surface area contributed by atoms with Gasteiger partial charge in [0.1, 0.15) is 0 Å². The minimum absolute atomic E-state index is 1.87. The summed E-state index contributed by atoms with van der Waals surface area (Å²) >= 11 is 0. The van der Waals surface area contributed by atoms with Crippen molar-refractivity contribution in [1.29, 1.82) is 0 Å². The van der Waals surface area contributed by atoms with Gasteiger partial charge in [0.05, 0.1) is 0 Å². The predicted molar refractivity (Wildman–Crippen MR) is 35.8 cm³/mol. The molecule has 0 heterocycles. The number of hydrogen-bond acceptors (Lipinski definition) is 0. The first-order valence-corrected chi connectivity index (χ1v) is 2.10. The van der Waals surface area contributed by atoms with Crippen LogP contribution in [-0.2, 0) is 0 Å². The highest BCUT2D eigenvalue weighted by Crippen LogP contribution is 1.52. The van der Waals surface area contributed by atoms with E-state index in [1.165, 1.54) is 0 Å². The van der Waals surface area contributed by atoms with Crippen molar-refractivity contribution in [2.75, 3.05) is 0 Å². The largest absolute Gasteiger partial charge is 0.358 e. The highest BCUT2D eigenvalue weighted by atomic mass is 13.5. The molecule has 0 heteroatoms. The van der Waals surface area contributed by atoms with Crippen molar-refractivity contribution in [3.63, 3.8) is 0 Å². The van der Waals surface area contributed by atoms with Crippen LogP contribution in [-0.4, -0.2) is 0 Å². The van der Waals surface area contributed by atoms with E-state index in [9.17, 15) is 0 Å². The van der Waals surface area contributed by atoms with E-state index in [0.717, 1.165) is 0 Å². The zero-order chi connectivity index (χ0) is 6.95. The summed E-state index contributed by atoms with van der Waals surface area (Å²) in [5.41, 5.74) is 0. The summed E-state index contributed by atoms with van der Waals surface area (Å²) in [6.07, 6.45) is 6.34. The highest BCUT2D eigenvalue weighted by Gasteiger charge is 1.36. The molecule has 9 heavy (non-hydrogen) atoms. The molecule has 40 valence electrons. The van der Waals surface area contributed by atoms with E-state index in [1.807, 2.05) is 5.92 Å². The monoisotopic (exact) mass is 110 g/mol. The number of rotatable bonds is 0. The van der Waals surface area contributed by atoms with Crippen LogP contribution >= 0.6 is 0 Å². The molecular weight excluding hydrogens is 108 g/mol. The summed E-state index contributed by atoms with van der Waals surface area (Å²) in [5.74, 6) is 15.9. The molecule has 0 aliphatic rings. The Bertz CT molecular complexity index is 281. The van der Waals surface area contributed by atoms with Crippen molar-refractivity contribution in [1.82, 2.24) is 0 Å². The molecular formula is C9H2-2. The van der Waals surface area contributed by atoms with E-state index in [0.29, 0.717) is 0 Å². The van der Waals surface area contributed by atoms with Gasteiger partial charge < -0.3 is 6.42 Å². The lowest BCUT2D eigenvalue weighted by Crippen LogP contribution is -1.50. The molecule has 0 unspecified atom stereocenters. The number of hydrogen-bond donors (Lipinski definition) is 0. The van der Waals surface area contributed by atoms with Crippen molar-refractivity contribution in [2.24, 2.45) is 0 Å².